The summed E-state index contributed by atoms with van der Waals surface area (Å²) in [5.41, 5.74) is 1.34. The second-order valence-electron chi connectivity index (χ2n) is 6.78. The molecule has 27 heavy (non-hydrogen) atoms. The first-order valence-corrected chi connectivity index (χ1v) is 11.0. The van der Waals surface area contributed by atoms with Gasteiger partial charge < -0.3 is 9.64 Å². The Kier molecular flexibility index (Phi) is 5.31. The number of rotatable bonds is 4. The Balaban J connectivity index is 2.00. The van der Waals surface area contributed by atoms with E-state index in [0.717, 1.165) is 11.8 Å². The van der Waals surface area contributed by atoms with E-state index in [9.17, 15) is 17.6 Å². The van der Waals surface area contributed by atoms with Crippen molar-refractivity contribution in [3.8, 4) is 5.75 Å². The van der Waals surface area contributed by atoms with Crippen molar-refractivity contribution in [3.63, 3.8) is 0 Å². The molecule has 0 saturated heterocycles. The first-order chi connectivity index (χ1) is 12.6. The van der Waals surface area contributed by atoms with Gasteiger partial charge in [0, 0.05) is 29.4 Å². The monoisotopic (exact) mass is 455 g/mol. The van der Waals surface area contributed by atoms with Crippen LogP contribution in [0.15, 0.2) is 39.7 Å². The number of nitrogens with zero attached hydrogens (tertiary/aromatic N) is 1. The Hall–Kier alpha value is -1.93. The summed E-state index contributed by atoms with van der Waals surface area (Å²) in [5, 5.41) is 0. The summed E-state index contributed by atoms with van der Waals surface area (Å²) in [7, 11) is -3.49. The lowest BCUT2D eigenvalue weighted by Crippen LogP contribution is -2.26. The average molecular weight is 456 g/mol. The van der Waals surface area contributed by atoms with Crippen LogP contribution in [0, 0.1) is 5.82 Å². The molecule has 144 valence electrons. The topological polar surface area (TPSA) is 63.7 Å². The van der Waals surface area contributed by atoms with Gasteiger partial charge in [0.2, 0.25) is 0 Å². The Morgan fingerprint density at radius 1 is 1.22 bits per heavy atom. The van der Waals surface area contributed by atoms with Gasteiger partial charge >= 0.3 is 0 Å². The number of sulfone groups is 1. The smallest absolute Gasteiger partial charge is 0.258 e. The Bertz CT molecular complexity index is 1020. The molecular weight excluding hydrogens is 437 g/mol. The lowest BCUT2D eigenvalue weighted by molar-refractivity contribution is 0.0744. The van der Waals surface area contributed by atoms with E-state index in [1.807, 2.05) is 13.8 Å². The quantitative estimate of drug-likeness (QED) is 0.700. The third kappa shape index (κ3) is 4.16. The molecule has 0 bridgehead atoms. The van der Waals surface area contributed by atoms with Gasteiger partial charge in [0.1, 0.15) is 11.6 Å². The highest BCUT2D eigenvalue weighted by atomic mass is 79.9. The van der Waals surface area contributed by atoms with Crippen molar-refractivity contribution in [3.05, 3.63) is 57.3 Å². The number of hydrogen-bond acceptors (Lipinski definition) is 4. The lowest BCUT2D eigenvalue weighted by atomic mass is 10.1. The summed E-state index contributed by atoms with van der Waals surface area (Å²) in [6.07, 6.45) is 0.892. The van der Waals surface area contributed by atoms with Gasteiger partial charge in [0.15, 0.2) is 9.84 Å². The molecule has 0 spiro atoms. The molecule has 0 aromatic heterocycles. The molecule has 1 heterocycles. The molecule has 3 rings (SSSR count). The number of halogens is 2. The first kappa shape index (κ1) is 19.8. The third-order valence-electron chi connectivity index (χ3n) is 4.22. The van der Waals surface area contributed by atoms with Gasteiger partial charge in [-0.05, 0) is 49.7 Å². The van der Waals surface area contributed by atoms with Crippen molar-refractivity contribution < 1.29 is 22.3 Å². The van der Waals surface area contributed by atoms with Crippen LogP contribution in [0.3, 0.4) is 0 Å². The number of carbonyl (C=O) groups is 1. The van der Waals surface area contributed by atoms with Crippen molar-refractivity contribution in [1.82, 2.24) is 4.90 Å². The molecule has 5 nitrogen and oxygen atoms in total. The number of benzene rings is 2. The summed E-state index contributed by atoms with van der Waals surface area (Å²) in [4.78, 5) is 14.6. The number of carbonyl (C=O) groups excluding carboxylic acids is 1. The molecule has 1 aliphatic rings. The van der Waals surface area contributed by atoms with E-state index >= 15 is 0 Å². The molecule has 0 fully saturated rings. The third-order valence-corrected chi connectivity index (χ3v) is 5.79. The predicted octanol–water partition coefficient (Wildman–Crippen LogP) is 3.93. The highest BCUT2D eigenvalue weighted by Crippen LogP contribution is 2.32. The molecule has 0 atom stereocenters. The molecule has 1 amide bonds. The van der Waals surface area contributed by atoms with Gasteiger partial charge in [-0.2, -0.15) is 0 Å². The maximum atomic E-state index is 14.2. The highest BCUT2D eigenvalue weighted by Gasteiger charge is 2.29. The number of amides is 1. The van der Waals surface area contributed by atoms with Crippen molar-refractivity contribution in [1.29, 1.82) is 0 Å². The van der Waals surface area contributed by atoms with Crippen molar-refractivity contribution in [2.75, 3.05) is 6.26 Å². The minimum Gasteiger partial charge on any atom is -0.490 e. The second kappa shape index (κ2) is 7.24. The average Bonchev–Trinajstić information content (AvgIpc) is 2.97. The van der Waals surface area contributed by atoms with Crippen LogP contribution in [0.4, 0.5) is 4.39 Å². The zero-order valence-corrected chi connectivity index (χ0v) is 17.5. The molecule has 0 aliphatic carbocycles. The highest BCUT2D eigenvalue weighted by molar-refractivity contribution is 9.10. The zero-order valence-electron chi connectivity index (χ0n) is 15.1. The zero-order chi connectivity index (χ0) is 19.9. The van der Waals surface area contributed by atoms with Crippen LogP contribution >= 0.6 is 15.9 Å². The van der Waals surface area contributed by atoms with Crippen LogP contribution in [0.2, 0.25) is 0 Å². The van der Waals surface area contributed by atoms with Crippen LogP contribution in [-0.2, 0) is 22.9 Å². The van der Waals surface area contributed by atoms with E-state index in [1.54, 1.807) is 6.07 Å². The largest absolute Gasteiger partial charge is 0.490 e. The fraction of sp³-hybridized carbons (Fsp3) is 0.316. The summed E-state index contributed by atoms with van der Waals surface area (Å²) < 4.78 is 44.3. The predicted molar refractivity (Wildman–Crippen MR) is 103 cm³/mol. The maximum Gasteiger partial charge on any atom is 0.258 e. The van der Waals surface area contributed by atoms with Crippen LogP contribution in [0.5, 0.6) is 5.75 Å². The standard InChI is InChI=1S/C19H19BrFNO4S/c1-11(2)26-18-5-4-14(27(3,24)25)8-15(18)19(23)22-9-12-6-13(20)7-17(21)16(12)10-22/h4-8,11H,9-10H2,1-3H3. The molecule has 0 unspecified atom stereocenters. The summed E-state index contributed by atoms with van der Waals surface area (Å²) in [5.74, 6) is -0.471. The molecule has 0 saturated carbocycles. The summed E-state index contributed by atoms with van der Waals surface area (Å²) in [6.45, 7) is 4.00. The van der Waals surface area contributed by atoms with Gasteiger partial charge in [-0.1, -0.05) is 15.9 Å². The molecule has 2 aromatic carbocycles. The molecular formula is C19H19BrFNO4S. The van der Waals surface area contributed by atoms with Crippen LogP contribution in [-0.4, -0.2) is 31.6 Å². The number of ether oxygens (including phenoxy) is 1. The van der Waals surface area contributed by atoms with Gasteiger partial charge in [-0.25, -0.2) is 12.8 Å². The Morgan fingerprint density at radius 2 is 1.93 bits per heavy atom. The summed E-state index contributed by atoms with van der Waals surface area (Å²) >= 11 is 3.26. The van der Waals surface area contributed by atoms with Crippen LogP contribution in [0.25, 0.3) is 0 Å². The maximum absolute atomic E-state index is 14.2. The normalized spacial score (nSPS) is 13.8. The van der Waals surface area contributed by atoms with E-state index in [0.29, 0.717) is 15.8 Å². The second-order valence-corrected chi connectivity index (χ2v) is 9.71. The SMILES string of the molecule is CC(C)Oc1ccc(S(C)(=O)=O)cc1C(=O)N1Cc2cc(Br)cc(F)c2C1. The van der Waals surface area contributed by atoms with E-state index in [2.05, 4.69) is 15.9 Å². The van der Waals surface area contributed by atoms with E-state index < -0.39 is 15.7 Å². The fourth-order valence-corrected chi connectivity index (χ4v) is 4.13. The van der Waals surface area contributed by atoms with E-state index in [1.165, 1.54) is 29.2 Å². The molecule has 0 radical (unpaired) electrons. The minimum absolute atomic E-state index is 0.0348. The van der Waals surface area contributed by atoms with Gasteiger partial charge in [-0.3, -0.25) is 4.79 Å². The van der Waals surface area contributed by atoms with Crippen LogP contribution < -0.4 is 4.74 Å². The molecule has 8 heteroatoms. The summed E-state index contributed by atoms with van der Waals surface area (Å²) in [6, 6.07) is 7.38. The number of hydrogen-bond donors (Lipinski definition) is 0. The first-order valence-electron chi connectivity index (χ1n) is 8.33. The van der Waals surface area contributed by atoms with Crippen LogP contribution in [0.1, 0.15) is 35.3 Å². The molecule has 1 aliphatic heterocycles. The van der Waals surface area contributed by atoms with Crippen molar-refractivity contribution in [2.24, 2.45) is 0 Å². The van der Waals surface area contributed by atoms with Gasteiger partial charge in [0.25, 0.3) is 5.91 Å². The van der Waals surface area contributed by atoms with Crippen molar-refractivity contribution in [2.45, 2.75) is 37.9 Å². The van der Waals surface area contributed by atoms with Crippen molar-refractivity contribution >= 4 is 31.7 Å². The molecule has 0 N–H and O–H groups in total. The van der Waals surface area contributed by atoms with Gasteiger partial charge in [-0.15, -0.1) is 0 Å². The van der Waals surface area contributed by atoms with E-state index in [-0.39, 0.29) is 35.5 Å². The lowest BCUT2D eigenvalue weighted by Gasteiger charge is -2.20. The van der Waals surface area contributed by atoms with Gasteiger partial charge in [0.05, 0.1) is 16.6 Å². The Labute approximate surface area is 166 Å². The Morgan fingerprint density at radius 3 is 2.56 bits per heavy atom. The fourth-order valence-electron chi connectivity index (χ4n) is 3.00. The molecule has 2 aromatic rings. The van der Waals surface area contributed by atoms with E-state index in [4.69, 9.17) is 4.74 Å². The minimum atomic E-state index is -3.49. The number of fused-ring (bicyclic) bond motifs is 1.